The fraction of sp³-hybridized carbons (Fsp3) is 1.00. The van der Waals surface area contributed by atoms with Crippen molar-refractivity contribution in [2.75, 3.05) is 7.11 Å². The van der Waals surface area contributed by atoms with Gasteiger partial charge in [0.05, 0.1) is 12.2 Å². The summed E-state index contributed by atoms with van der Waals surface area (Å²) in [7, 11) is 1.38. The first-order valence-electron chi connectivity index (χ1n) is 3.83. The topological polar surface area (TPSA) is 90.2 Å². The van der Waals surface area contributed by atoms with Gasteiger partial charge in [0.25, 0.3) is 0 Å². The predicted octanol–water partition coefficient (Wildman–Crippen LogP) is -2.15. The highest BCUT2D eigenvalue weighted by atomic mass is 16.5. The molecule has 0 aliphatic heterocycles. The van der Waals surface area contributed by atoms with E-state index >= 15 is 0 Å². The lowest BCUT2D eigenvalue weighted by molar-refractivity contribution is -0.183. The molecule has 0 bridgehead atoms. The first-order chi connectivity index (χ1) is 5.57. The van der Waals surface area contributed by atoms with Crippen LogP contribution in [0.25, 0.3) is 0 Å². The number of rotatable bonds is 1. The maximum atomic E-state index is 9.28. The van der Waals surface area contributed by atoms with Gasteiger partial charge in [0.2, 0.25) is 0 Å². The Kier molecular flexibility index (Phi) is 3.03. The SMILES string of the molecule is CO[C@H]1C[C@@H](O)[C@@H](O)[C@H](O)[C@H]1O. The molecule has 1 aliphatic carbocycles. The molecule has 5 atom stereocenters. The molecular weight excluding hydrogens is 164 g/mol. The summed E-state index contributed by atoms with van der Waals surface area (Å²) in [5.74, 6) is 0. The molecular formula is C7H14O5. The third-order valence-corrected chi connectivity index (χ3v) is 2.25. The summed E-state index contributed by atoms with van der Waals surface area (Å²) < 4.78 is 4.81. The van der Waals surface area contributed by atoms with Gasteiger partial charge in [-0.1, -0.05) is 0 Å². The fourth-order valence-electron chi connectivity index (χ4n) is 1.40. The Morgan fingerprint density at radius 3 is 2.08 bits per heavy atom. The van der Waals surface area contributed by atoms with Crippen molar-refractivity contribution in [3.8, 4) is 0 Å². The Morgan fingerprint density at radius 2 is 1.58 bits per heavy atom. The first-order valence-corrected chi connectivity index (χ1v) is 3.83. The highest BCUT2D eigenvalue weighted by Gasteiger charge is 2.41. The van der Waals surface area contributed by atoms with Crippen LogP contribution in [0.15, 0.2) is 0 Å². The van der Waals surface area contributed by atoms with Crippen LogP contribution in [0.1, 0.15) is 6.42 Å². The molecule has 0 aromatic rings. The largest absolute Gasteiger partial charge is 0.390 e. The third-order valence-electron chi connectivity index (χ3n) is 2.25. The van der Waals surface area contributed by atoms with E-state index in [9.17, 15) is 10.2 Å². The summed E-state index contributed by atoms with van der Waals surface area (Å²) in [6.07, 6.45) is -5.26. The number of aliphatic hydroxyl groups excluding tert-OH is 4. The van der Waals surface area contributed by atoms with E-state index in [0.29, 0.717) is 0 Å². The van der Waals surface area contributed by atoms with Crippen LogP contribution in [0, 0.1) is 0 Å². The number of hydrogen-bond acceptors (Lipinski definition) is 5. The molecule has 0 radical (unpaired) electrons. The molecule has 0 aromatic heterocycles. The molecule has 1 aliphatic rings. The molecule has 0 saturated heterocycles. The second-order valence-corrected chi connectivity index (χ2v) is 3.05. The molecule has 5 heteroatoms. The van der Waals surface area contributed by atoms with Crippen molar-refractivity contribution in [2.45, 2.75) is 36.9 Å². The van der Waals surface area contributed by atoms with Gasteiger partial charge in [-0.3, -0.25) is 0 Å². The zero-order valence-electron chi connectivity index (χ0n) is 6.79. The molecule has 0 aromatic carbocycles. The molecule has 72 valence electrons. The minimum atomic E-state index is -1.33. The second kappa shape index (κ2) is 3.68. The average Bonchev–Trinajstić information content (AvgIpc) is 2.08. The summed E-state index contributed by atoms with van der Waals surface area (Å²) in [4.78, 5) is 0. The number of aliphatic hydroxyl groups is 4. The zero-order valence-corrected chi connectivity index (χ0v) is 6.79. The van der Waals surface area contributed by atoms with Crippen molar-refractivity contribution in [2.24, 2.45) is 0 Å². The van der Waals surface area contributed by atoms with Crippen molar-refractivity contribution in [3.63, 3.8) is 0 Å². The summed E-state index contributed by atoms with van der Waals surface area (Å²) in [6, 6.07) is 0. The maximum Gasteiger partial charge on any atom is 0.111 e. The van der Waals surface area contributed by atoms with Gasteiger partial charge in [-0.05, 0) is 0 Å². The molecule has 5 nitrogen and oxygen atoms in total. The minimum absolute atomic E-state index is 0.135. The maximum absolute atomic E-state index is 9.28. The molecule has 1 rings (SSSR count). The molecule has 4 N–H and O–H groups in total. The lowest BCUT2D eigenvalue weighted by atomic mass is 9.87. The van der Waals surface area contributed by atoms with E-state index in [4.69, 9.17) is 14.9 Å². The summed E-state index contributed by atoms with van der Waals surface area (Å²) in [6.45, 7) is 0. The molecule has 0 heterocycles. The Labute approximate surface area is 70.2 Å². The van der Waals surface area contributed by atoms with Crippen molar-refractivity contribution >= 4 is 0 Å². The van der Waals surface area contributed by atoms with Crippen LogP contribution in [0.4, 0.5) is 0 Å². The highest BCUT2D eigenvalue weighted by molar-refractivity contribution is 4.93. The number of hydrogen-bond donors (Lipinski definition) is 4. The lowest BCUT2D eigenvalue weighted by Gasteiger charge is -2.37. The Morgan fingerprint density at radius 1 is 1.00 bits per heavy atom. The van der Waals surface area contributed by atoms with Gasteiger partial charge in [-0.15, -0.1) is 0 Å². The van der Waals surface area contributed by atoms with Gasteiger partial charge in [0.1, 0.15) is 18.3 Å². The summed E-state index contributed by atoms with van der Waals surface area (Å²) in [5, 5.41) is 36.7. The molecule has 12 heavy (non-hydrogen) atoms. The van der Waals surface area contributed by atoms with Crippen molar-refractivity contribution in [1.29, 1.82) is 0 Å². The van der Waals surface area contributed by atoms with Gasteiger partial charge in [-0.2, -0.15) is 0 Å². The van der Waals surface area contributed by atoms with Gasteiger partial charge >= 0.3 is 0 Å². The molecule has 0 unspecified atom stereocenters. The Balaban J connectivity index is 2.63. The normalized spacial score (nSPS) is 49.2. The van der Waals surface area contributed by atoms with E-state index in [1.54, 1.807) is 0 Å². The van der Waals surface area contributed by atoms with Crippen LogP contribution in [-0.4, -0.2) is 58.1 Å². The van der Waals surface area contributed by atoms with Crippen molar-refractivity contribution < 1.29 is 25.2 Å². The van der Waals surface area contributed by atoms with E-state index in [1.807, 2.05) is 0 Å². The monoisotopic (exact) mass is 178 g/mol. The standard InChI is InChI=1S/C7H14O5/c1-12-4-2-3(8)5(9)7(11)6(4)10/h3-11H,2H2,1H3/t3-,4+,5-,6+,7+/m1/s1. The molecule has 1 saturated carbocycles. The lowest BCUT2D eigenvalue weighted by Crippen LogP contribution is -2.56. The van der Waals surface area contributed by atoms with Gasteiger partial charge in [0, 0.05) is 13.5 Å². The first kappa shape index (κ1) is 9.88. The highest BCUT2D eigenvalue weighted by Crippen LogP contribution is 2.22. The van der Waals surface area contributed by atoms with Crippen LogP contribution in [0.2, 0.25) is 0 Å². The van der Waals surface area contributed by atoms with E-state index in [-0.39, 0.29) is 6.42 Å². The van der Waals surface area contributed by atoms with Gasteiger partial charge in [0.15, 0.2) is 0 Å². The van der Waals surface area contributed by atoms with Crippen LogP contribution in [0.5, 0.6) is 0 Å². The third kappa shape index (κ3) is 1.60. The smallest absolute Gasteiger partial charge is 0.111 e. The van der Waals surface area contributed by atoms with E-state index in [0.717, 1.165) is 0 Å². The summed E-state index contributed by atoms with van der Waals surface area (Å²) in [5.41, 5.74) is 0. The number of ether oxygens (including phenoxy) is 1. The fourth-order valence-corrected chi connectivity index (χ4v) is 1.40. The zero-order chi connectivity index (χ0) is 9.30. The van der Waals surface area contributed by atoms with Gasteiger partial charge < -0.3 is 25.2 Å². The minimum Gasteiger partial charge on any atom is -0.390 e. The number of methoxy groups -OCH3 is 1. The van der Waals surface area contributed by atoms with Crippen LogP contribution in [0.3, 0.4) is 0 Å². The quantitative estimate of drug-likeness (QED) is 0.367. The van der Waals surface area contributed by atoms with Crippen molar-refractivity contribution in [3.05, 3.63) is 0 Å². The van der Waals surface area contributed by atoms with Crippen molar-refractivity contribution in [1.82, 2.24) is 0 Å². The van der Waals surface area contributed by atoms with Gasteiger partial charge in [-0.25, -0.2) is 0 Å². The van der Waals surface area contributed by atoms with E-state index < -0.39 is 30.5 Å². The van der Waals surface area contributed by atoms with Crippen LogP contribution >= 0.6 is 0 Å². The Hall–Kier alpha value is -0.200. The summed E-state index contributed by atoms with van der Waals surface area (Å²) >= 11 is 0. The Bertz CT molecular complexity index is 146. The molecule has 0 amide bonds. The molecule has 1 fully saturated rings. The second-order valence-electron chi connectivity index (χ2n) is 3.05. The predicted molar refractivity (Wildman–Crippen MR) is 39.4 cm³/mol. The van der Waals surface area contributed by atoms with E-state index in [2.05, 4.69) is 0 Å². The van der Waals surface area contributed by atoms with Crippen LogP contribution < -0.4 is 0 Å². The average molecular weight is 178 g/mol. The van der Waals surface area contributed by atoms with E-state index in [1.165, 1.54) is 7.11 Å². The molecule has 0 spiro atoms. The van der Waals surface area contributed by atoms with Crippen LogP contribution in [-0.2, 0) is 4.74 Å².